The minimum atomic E-state index is -1.23. The van der Waals surface area contributed by atoms with Gasteiger partial charge in [-0.3, -0.25) is 0 Å². The van der Waals surface area contributed by atoms with E-state index < -0.39 is 8.07 Å². The van der Waals surface area contributed by atoms with Crippen molar-refractivity contribution in [1.29, 1.82) is 0 Å². The van der Waals surface area contributed by atoms with Crippen LogP contribution >= 0.6 is 35.3 Å². The Kier molecular flexibility index (Phi) is 18.6. The number of rotatable bonds is 20. The zero-order chi connectivity index (χ0) is 25.9. The van der Waals surface area contributed by atoms with Crippen molar-refractivity contribution in [2.75, 3.05) is 30.5 Å². The van der Waals surface area contributed by atoms with Gasteiger partial charge in [0.1, 0.15) is 0 Å². The molecule has 0 saturated heterocycles. The minimum Gasteiger partial charge on any atom is -0.382 e. The molecule has 37 heavy (non-hydrogen) atoms. The Morgan fingerprint density at radius 2 is 0.865 bits per heavy atom. The lowest BCUT2D eigenvalue weighted by molar-refractivity contribution is 0.148. The Hall–Kier alpha value is 1.23. The molecular formula is C32H62OS3Si. The molecular weight excluding hydrogens is 525 g/mol. The first-order valence-electron chi connectivity index (χ1n) is 16.7. The van der Waals surface area contributed by atoms with Crippen LogP contribution in [0.4, 0.5) is 0 Å². The molecule has 1 nitrogen and oxygen atoms in total. The van der Waals surface area contributed by atoms with E-state index in [2.05, 4.69) is 42.2 Å². The predicted molar refractivity (Wildman–Crippen MR) is 178 cm³/mol. The van der Waals surface area contributed by atoms with Crippen LogP contribution in [0.25, 0.3) is 0 Å². The second kappa shape index (κ2) is 21.0. The van der Waals surface area contributed by atoms with Gasteiger partial charge in [-0.25, -0.2) is 0 Å². The van der Waals surface area contributed by atoms with E-state index >= 15 is 0 Å². The first-order valence-corrected chi connectivity index (χ1v) is 22.7. The molecule has 0 amide bonds. The summed E-state index contributed by atoms with van der Waals surface area (Å²) in [5, 5.41) is 2.96. The maximum atomic E-state index is 5.85. The quantitative estimate of drug-likeness (QED) is 0.104. The summed E-state index contributed by atoms with van der Waals surface area (Å²) in [5.74, 6) is 4.33. The van der Waals surface area contributed by atoms with Gasteiger partial charge in [0.25, 0.3) is 0 Å². The lowest BCUT2D eigenvalue weighted by atomic mass is 10.0. The van der Waals surface area contributed by atoms with Crippen molar-refractivity contribution >= 4 is 43.4 Å². The molecule has 0 unspecified atom stereocenters. The van der Waals surface area contributed by atoms with Crippen LogP contribution in [0.5, 0.6) is 0 Å². The summed E-state index contributed by atoms with van der Waals surface area (Å²) in [6.07, 6.45) is 28.3. The average Bonchev–Trinajstić information content (AvgIpc) is 2.95. The van der Waals surface area contributed by atoms with Gasteiger partial charge in [-0.1, -0.05) is 82.0 Å². The van der Waals surface area contributed by atoms with E-state index in [9.17, 15) is 0 Å². The van der Waals surface area contributed by atoms with Gasteiger partial charge in [0, 0.05) is 29.0 Å². The molecule has 0 aromatic heterocycles. The summed E-state index contributed by atoms with van der Waals surface area (Å²) >= 11 is 7.06. The zero-order valence-electron chi connectivity index (χ0n) is 24.7. The summed E-state index contributed by atoms with van der Waals surface area (Å²) in [6, 6.07) is 6.38. The van der Waals surface area contributed by atoms with Crippen molar-refractivity contribution in [3.05, 3.63) is 0 Å². The monoisotopic (exact) mass is 586 g/mol. The topological polar surface area (TPSA) is 9.23 Å². The average molecular weight is 587 g/mol. The van der Waals surface area contributed by atoms with Gasteiger partial charge in [-0.2, -0.15) is 35.3 Å². The third-order valence-corrected chi connectivity index (χ3v) is 19.5. The van der Waals surface area contributed by atoms with Crippen molar-refractivity contribution in [2.24, 2.45) is 0 Å². The molecule has 0 heterocycles. The molecule has 0 N–H and O–H groups in total. The van der Waals surface area contributed by atoms with Crippen LogP contribution in [0.15, 0.2) is 0 Å². The van der Waals surface area contributed by atoms with Crippen molar-refractivity contribution in [1.82, 2.24) is 0 Å². The third-order valence-electron chi connectivity index (χ3n) is 9.47. The highest BCUT2D eigenvalue weighted by Crippen LogP contribution is 2.37. The van der Waals surface area contributed by atoms with Gasteiger partial charge in [0.2, 0.25) is 0 Å². The summed E-state index contributed by atoms with van der Waals surface area (Å²) in [4.78, 5) is 0. The van der Waals surface area contributed by atoms with E-state index in [0.717, 1.165) is 29.0 Å². The third kappa shape index (κ3) is 14.6. The smallest absolute Gasteiger partial charge is 0.0537 e. The fourth-order valence-corrected chi connectivity index (χ4v) is 17.1. The highest BCUT2D eigenvalue weighted by Gasteiger charge is 2.31. The molecule has 0 aromatic carbocycles. The number of thioether (sulfide) groups is 3. The van der Waals surface area contributed by atoms with E-state index in [1.807, 2.05) is 0 Å². The molecule has 0 aromatic rings. The largest absolute Gasteiger partial charge is 0.382 e. The Bertz CT molecular complexity index is 466. The van der Waals surface area contributed by atoms with Gasteiger partial charge in [-0.15, -0.1) is 0 Å². The minimum absolute atomic E-state index is 0.892. The molecule has 0 aliphatic heterocycles. The van der Waals surface area contributed by atoms with Crippen LogP contribution in [0, 0.1) is 0 Å². The fraction of sp³-hybridized carbons (Fsp3) is 1.00. The van der Waals surface area contributed by atoms with E-state index in [1.165, 1.54) is 139 Å². The van der Waals surface area contributed by atoms with Gasteiger partial charge < -0.3 is 4.74 Å². The molecule has 3 aliphatic carbocycles. The van der Waals surface area contributed by atoms with Crippen LogP contribution in [0.3, 0.4) is 0 Å². The molecule has 0 radical (unpaired) electrons. The second-order valence-electron chi connectivity index (χ2n) is 12.5. The summed E-state index contributed by atoms with van der Waals surface area (Å²) in [5.41, 5.74) is 0. The summed E-state index contributed by atoms with van der Waals surface area (Å²) in [6.45, 7) is 4.07. The van der Waals surface area contributed by atoms with Crippen LogP contribution in [-0.4, -0.2) is 54.3 Å². The Balaban J connectivity index is 1.49. The second-order valence-corrected chi connectivity index (χ2v) is 21.7. The van der Waals surface area contributed by atoms with Gasteiger partial charge in [-0.05, 0) is 88.4 Å². The Morgan fingerprint density at radius 3 is 1.22 bits per heavy atom. The molecule has 0 bridgehead atoms. The molecule has 0 spiro atoms. The first kappa shape index (κ1) is 32.7. The molecule has 0 atom stereocenters. The highest BCUT2D eigenvalue weighted by molar-refractivity contribution is 8.00. The molecule has 218 valence electrons. The summed E-state index contributed by atoms with van der Waals surface area (Å²) < 4.78 is 5.85. The maximum absolute atomic E-state index is 5.85. The lowest BCUT2D eigenvalue weighted by Gasteiger charge is -2.33. The van der Waals surface area contributed by atoms with Gasteiger partial charge >= 0.3 is 0 Å². The van der Waals surface area contributed by atoms with Crippen LogP contribution in [-0.2, 0) is 4.74 Å². The predicted octanol–water partition coefficient (Wildman–Crippen LogP) is 11.2. The number of hydrogen-bond donors (Lipinski definition) is 0. The van der Waals surface area contributed by atoms with E-state index in [-0.39, 0.29) is 0 Å². The van der Waals surface area contributed by atoms with Crippen LogP contribution in [0.1, 0.15) is 129 Å². The zero-order valence-corrected chi connectivity index (χ0v) is 28.1. The van der Waals surface area contributed by atoms with E-state index in [4.69, 9.17) is 4.74 Å². The molecule has 3 fully saturated rings. The molecule has 3 aliphatic rings. The van der Waals surface area contributed by atoms with Crippen LogP contribution in [0.2, 0.25) is 24.2 Å². The highest BCUT2D eigenvalue weighted by atomic mass is 32.2. The van der Waals surface area contributed by atoms with Gasteiger partial charge in [0.05, 0.1) is 8.07 Å². The van der Waals surface area contributed by atoms with Gasteiger partial charge in [0.15, 0.2) is 0 Å². The van der Waals surface area contributed by atoms with Crippen molar-refractivity contribution in [3.8, 4) is 0 Å². The normalized spacial score (nSPS) is 21.0. The molecule has 5 heteroatoms. The SMILES string of the molecule is CCOCCC[Si](CCCSC1CCCCC1)(CCCSC1CCCCC1)CCCSC1CCCCC1. The lowest BCUT2D eigenvalue weighted by Crippen LogP contribution is -2.35. The maximum Gasteiger partial charge on any atom is 0.0537 e. The van der Waals surface area contributed by atoms with Crippen molar-refractivity contribution in [3.63, 3.8) is 0 Å². The van der Waals surface area contributed by atoms with E-state index in [1.54, 1.807) is 24.2 Å². The Labute approximate surface area is 246 Å². The van der Waals surface area contributed by atoms with Crippen molar-refractivity contribution in [2.45, 2.75) is 169 Å². The first-order chi connectivity index (χ1) is 18.3. The number of ether oxygens (including phenoxy) is 1. The van der Waals surface area contributed by atoms with Crippen molar-refractivity contribution < 1.29 is 4.74 Å². The Morgan fingerprint density at radius 1 is 0.514 bits per heavy atom. The number of hydrogen-bond acceptors (Lipinski definition) is 4. The molecule has 3 rings (SSSR count). The standard InChI is InChI=1S/C32H62OS3Si/c1-2-33-22-12-26-37(27-13-23-34-30-16-6-3-7-17-30,28-14-24-35-31-18-8-4-9-19-31)29-15-25-36-32-20-10-5-11-21-32/h30-32H,2-29H2,1H3. The molecule has 3 saturated carbocycles. The summed E-state index contributed by atoms with van der Waals surface area (Å²) in [7, 11) is -1.23. The van der Waals surface area contributed by atoms with Crippen LogP contribution < -0.4 is 0 Å². The fourth-order valence-electron chi connectivity index (χ4n) is 7.23. The van der Waals surface area contributed by atoms with E-state index in [0.29, 0.717) is 0 Å².